The van der Waals surface area contributed by atoms with Crippen LogP contribution in [0.3, 0.4) is 0 Å². The SMILES string of the molecule is C=CNC(=O)/C=C\C.COC(=O)N1CCCC1c1cc2c(SC)nc3c(F)c(-c4cccc(Cl)c4Cl)c(CCC#N)cc3c2n1C1CCN(C(=O)OC(C)(C)C)C1. The minimum absolute atomic E-state index is 0.137. The summed E-state index contributed by atoms with van der Waals surface area (Å²) in [5.41, 5.74) is 2.43. The first-order valence-corrected chi connectivity index (χ1v) is 20.6. The van der Waals surface area contributed by atoms with Crippen LogP contribution in [0.25, 0.3) is 32.9 Å². The van der Waals surface area contributed by atoms with E-state index in [1.165, 1.54) is 31.1 Å². The summed E-state index contributed by atoms with van der Waals surface area (Å²) >= 11 is 14.4. The average Bonchev–Trinajstić information content (AvgIpc) is 3.94. The second-order valence-corrected chi connectivity index (χ2v) is 16.2. The molecular formula is C42H47Cl2FN6O5S. The maximum absolute atomic E-state index is 17.1. The van der Waals surface area contributed by atoms with Crippen molar-refractivity contribution in [1.29, 1.82) is 5.26 Å². The van der Waals surface area contributed by atoms with Gasteiger partial charge in [-0.2, -0.15) is 5.26 Å². The van der Waals surface area contributed by atoms with E-state index in [1.807, 2.05) is 33.1 Å². The highest BCUT2D eigenvalue weighted by atomic mass is 35.5. The first-order valence-electron chi connectivity index (χ1n) is 18.6. The van der Waals surface area contributed by atoms with Gasteiger partial charge in [-0.05, 0) is 95.7 Å². The standard InChI is InChI=1S/C36H38Cl2FN5O4S.C6H9NO/c1-36(2,3)48-34(45)42-16-13-21(19-42)44-27(26-12-8-15-43(26)35(46)47-4)18-24-32(44)23-17-20(9-7-14-40)28(22-10-6-11-25(37)29(22)38)30(39)31(23)41-33(24)49-5;1-3-5-6(8)7-4-2/h6,10-11,17-18,21,26H,7-9,12-13,15-16,19H2,1-5H3;3-5H,2H2,1H3,(H,7,8)/b;5-3-. The van der Waals surface area contributed by atoms with Crippen LogP contribution in [0.1, 0.15) is 76.7 Å². The van der Waals surface area contributed by atoms with Gasteiger partial charge in [0.25, 0.3) is 0 Å². The van der Waals surface area contributed by atoms with Crippen molar-refractivity contribution in [3.05, 3.63) is 82.4 Å². The number of nitriles is 1. The number of nitrogens with one attached hydrogen (secondary N) is 1. The normalized spacial score (nSPS) is 16.8. The van der Waals surface area contributed by atoms with E-state index in [0.717, 1.165) is 23.0 Å². The van der Waals surface area contributed by atoms with E-state index in [2.05, 4.69) is 28.6 Å². The lowest BCUT2D eigenvalue weighted by atomic mass is 9.93. The van der Waals surface area contributed by atoms with Gasteiger partial charge < -0.3 is 24.3 Å². The highest BCUT2D eigenvalue weighted by molar-refractivity contribution is 7.98. The van der Waals surface area contributed by atoms with Crippen molar-refractivity contribution in [1.82, 2.24) is 24.7 Å². The van der Waals surface area contributed by atoms with Crippen LogP contribution in [-0.2, 0) is 20.7 Å². The van der Waals surface area contributed by atoms with Gasteiger partial charge in [0, 0.05) is 53.6 Å². The number of hydrogen-bond acceptors (Lipinski definition) is 8. The molecule has 2 atom stereocenters. The summed E-state index contributed by atoms with van der Waals surface area (Å²) in [6, 6.07) is 10.7. The molecule has 302 valence electrons. The van der Waals surface area contributed by atoms with Crippen LogP contribution in [-0.4, -0.2) is 76.0 Å². The molecule has 2 aromatic heterocycles. The Morgan fingerprint density at radius 2 is 1.91 bits per heavy atom. The molecule has 4 aromatic rings. The highest BCUT2D eigenvalue weighted by Gasteiger charge is 2.38. The lowest BCUT2D eigenvalue weighted by molar-refractivity contribution is -0.115. The number of methoxy groups -OCH3 is 1. The van der Waals surface area contributed by atoms with Gasteiger partial charge in [-0.25, -0.2) is 19.0 Å². The summed E-state index contributed by atoms with van der Waals surface area (Å²) < 4.78 is 30.2. The number of aryl methyl sites for hydroxylation is 1. The largest absolute Gasteiger partial charge is 0.453 e. The Hall–Kier alpha value is -4.77. The molecule has 57 heavy (non-hydrogen) atoms. The summed E-state index contributed by atoms with van der Waals surface area (Å²) in [6.07, 6.45) is 8.10. The first-order chi connectivity index (χ1) is 27.2. The molecule has 2 aromatic carbocycles. The van der Waals surface area contributed by atoms with E-state index in [9.17, 15) is 19.6 Å². The summed E-state index contributed by atoms with van der Waals surface area (Å²) in [4.78, 5) is 44.9. The number of nitrogens with zero attached hydrogens (tertiary/aromatic N) is 5. The Bertz CT molecular complexity index is 2270. The number of likely N-dealkylation sites (tertiary alicyclic amines) is 2. The lowest BCUT2D eigenvalue weighted by Crippen LogP contribution is -2.36. The molecule has 2 fully saturated rings. The second-order valence-electron chi connectivity index (χ2n) is 14.6. The summed E-state index contributed by atoms with van der Waals surface area (Å²) in [5.74, 6) is -0.692. The Kier molecular flexibility index (Phi) is 14.2. The van der Waals surface area contributed by atoms with Gasteiger partial charge in [0.1, 0.15) is 16.1 Å². The quantitative estimate of drug-likeness (QED) is 0.137. The van der Waals surface area contributed by atoms with Gasteiger partial charge >= 0.3 is 12.2 Å². The monoisotopic (exact) mass is 836 g/mol. The average molecular weight is 838 g/mol. The summed E-state index contributed by atoms with van der Waals surface area (Å²) in [7, 11) is 1.38. The molecule has 0 radical (unpaired) electrons. The van der Waals surface area contributed by atoms with Crippen molar-refractivity contribution in [3.8, 4) is 17.2 Å². The van der Waals surface area contributed by atoms with E-state index in [0.29, 0.717) is 59.0 Å². The Morgan fingerprint density at radius 1 is 1.16 bits per heavy atom. The highest BCUT2D eigenvalue weighted by Crippen LogP contribution is 2.46. The van der Waals surface area contributed by atoms with Crippen LogP contribution in [0.2, 0.25) is 10.0 Å². The van der Waals surface area contributed by atoms with Gasteiger partial charge in [0.2, 0.25) is 5.91 Å². The lowest BCUT2D eigenvalue weighted by Gasteiger charge is -2.28. The number of rotatable bonds is 8. The predicted octanol–water partition coefficient (Wildman–Crippen LogP) is 10.4. The number of allylic oxidation sites excluding steroid dienone is 1. The van der Waals surface area contributed by atoms with Crippen molar-refractivity contribution in [2.45, 2.75) is 82.5 Å². The molecule has 2 unspecified atom stereocenters. The number of aromatic nitrogens is 2. The Labute approximate surface area is 346 Å². The number of amides is 3. The van der Waals surface area contributed by atoms with Crippen molar-refractivity contribution < 1.29 is 28.2 Å². The molecule has 2 aliphatic rings. The van der Waals surface area contributed by atoms with E-state index < -0.39 is 23.6 Å². The molecule has 3 amide bonds. The van der Waals surface area contributed by atoms with Gasteiger partial charge in [0.05, 0.1) is 40.8 Å². The molecule has 0 bridgehead atoms. The molecule has 2 aliphatic heterocycles. The molecule has 4 heterocycles. The van der Waals surface area contributed by atoms with Crippen LogP contribution in [0.15, 0.2) is 60.3 Å². The molecule has 0 aliphatic carbocycles. The molecular weight excluding hydrogens is 790 g/mol. The first kappa shape index (κ1) is 43.4. The molecule has 0 saturated carbocycles. The summed E-state index contributed by atoms with van der Waals surface area (Å²) in [6.45, 7) is 12.0. The van der Waals surface area contributed by atoms with Crippen LogP contribution in [0, 0.1) is 17.1 Å². The molecule has 6 rings (SSSR count). The van der Waals surface area contributed by atoms with Gasteiger partial charge in [-0.1, -0.05) is 48.0 Å². The van der Waals surface area contributed by atoms with E-state index in [-0.39, 0.29) is 46.9 Å². The minimum atomic E-state index is -0.651. The zero-order valence-electron chi connectivity index (χ0n) is 33.0. The summed E-state index contributed by atoms with van der Waals surface area (Å²) in [5, 5.41) is 14.5. The number of carbonyl (C=O) groups is 3. The molecule has 15 heteroatoms. The minimum Gasteiger partial charge on any atom is -0.453 e. The van der Waals surface area contributed by atoms with Gasteiger partial charge in [-0.3, -0.25) is 9.69 Å². The topological polar surface area (TPSA) is 130 Å². The van der Waals surface area contributed by atoms with Crippen molar-refractivity contribution in [2.24, 2.45) is 0 Å². The number of fused-ring (bicyclic) bond motifs is 3. The van der Waals surface area contributed by atoms with Gasteiger partial charge in [0.15, 0.2) is 5.82 Å². The number of benzene rings is 2. The molecule has 2 saturated heterocycles. The number of halogens is 3. The third-order valence-electron chi connectivity index (χ3n) is 9.75. The Balaban J connectivity index is 0.000000701. The number of thioether (sulfide) groups is 1. The van der Waals surface area contributed by atoms with E-state index >= 15 is 4.39 Å². The van der Waals surface area contributed by atoms with Crippen LogP contribution < -0.4 is 5.32 Å². The fourth-order valence-electron chi connectivity index (χ4n) is 7.46. The second kappa shape index (κ2) is 18.7. The maximum atomic E-state index is 17.1. The fourth-order valence-corrected chi connectivity index (χ4v) is 8.42. The number of pyridine rings is 1. The third kappa shape index (κ3) is 9.35. The van der Waals surface area contributed by atoms with Crippen molar-refractivity contribution in [2.75, 3.05) is 33.0 Å². The fraction of sp³-hybridized carbons (Fsp3) is 0.405. The predicted molar refractivity (Wildman–Crippen MR) is 224 cm³/mol. The van der Waals surface area contributed by atoms with Gasteiger partial charge in [-0.15, -0.1) is 11.8 Å². The number of carbonyl (C=O) groups excluding carboxylic acids is 3. The third-order valence-corrected chi connectivity index (χ3v) is 11.3. The zero-order valence-corrected chi connectivity index (χ0v) is 35.3. The molecule has 1 N–H and O–H groups in total. The van der Waals surface area contributed by atoms with E-state index in [1.54, 1.807) is 41.0 Å². The van der Waals surface area contributed by atoms with Crippen LogP contribution in [0.5, 0.6) is 0 Å². The van der Waals surface area contributed by atoms with Crippen molar-refractivity contribution >= 4 is 74.9 Å². The Morgan fingerprint density at radius 3 is 2.56 bits per heavy atom. The van der Waals surface area contributed by atoms with Crippen LogP contribution >= 0.6 is 35.0 Å². The number of ether oxygens (including phenoxy) is 2. The zero-order chi connectivity index (χ0) is 41.6. The smallest absolute Gasteiger partial charge is 0.410 e. The maximum Gasteiger partial charge on any atom is 0.410 e. The molecule has 0 spiro atoms. The van der Waals surface area contributed by atoms with Crippen molar-refractivity contribution in [3.63, 3.8) is 0 Å². The number of hydrogen-bond donors (Lipinski definition) is 1. The molecule has 11 nitrogen and oxygen atoms in total. The van der Waals surface area contributed by atoms with Crippen LogP contribution in [0.4, 0.5) is 14.0 Å². The van der Waals surface area contributed by atoms with E-state index in [4.69, 9.17) is 37.7 Å².